The van der Waals surface area contributed by atoms with Gasteiger partial charge in [0.1, 0.15) is 0 Å². The summed E-state index contributed by atoms with van der Waals surface area (Å²) in [5.41, 5.74) is 2.37. The fraction of sp³-hybridized carbons (Fsp3) is 0.0588. The highest BCUT2D eigenvalue weighted by Gasteiger charge is 2.12. The van der Waals surface area contributed by atoms with E-state index < -0.39 is 0 Å². The zero-order valence-electron chi connectivity index (χ0n) is 11.3. The van der Waals surface area contributed by atoms with Gasteiger partial charge in [-0.25, -0.2) is 0 Å². The normalized spacial score (nSPS) is 9.76. The molecule has 0 amide bonds. The van der Waals surface area contributed by atoms with Gasteiger partial charge in [0.05, 0.1) is 0 Å². The molecule has 21 heavy (non-hydrogen) atoms. The Morgan fingerprint density at radius 2 is 1.19 bits per heavy atom. The molecule has 108 valence electrons. The minimum atomic E-state index is 0. The minimum absolute atomic E-state index is 0. The van der Waals surface area contributed by atoms with Gasteiger partial charge in [-0.2, -0.15) is 0 Å². The molecule has 2 nitrogen and oxygen atoms in total. The van der Waals surface area contributed by atoms with Crippen molar-refractivity contribution >= 4 is 58.9 Å². The molecule has 3 rings (SSSR count). The summed E-state index contributed by atoms with van der Waals surface area (Å²) in [6.45, 7) is 1.98. The number of aryl methyl sites for hydroxylation is 1. The van der Waals surface area contributed by atoms with Crippen molar-refractivity contribution in [3.8, 4) is 0 Å². The zero-order valence-corrected chi connectivity index (χ0v) is 13.0. The summed E-state index contributed by atoms with van der Waals surface area (Å²) >= 11 is 0. The maximum absolute atomic E-state index is 11.5. The van der Waals surface area contributed by atoms with Gasteiger partial charge in [0.15, 0.2) is 12.6 Å². The summed E-state index contributed by atoms with van der Waals surface area (Å²) in [5, 5.41) is 3.34. The van der Waals surface area contributed by atoms with Gasteiger partial charge in [0, 0.05) is 11.1 Å². The molecule has 0 spiro atoms. The lowest BCUT2D eigenvalue weighted by Crippen LogP contribution is -1.94. The standard InChI is InChI=1S/C17H12O2.2ClH/c1-11-6-7-14-15(8-11)17(10-19)13-5-3-2-4-12(13)16(14)9-18;;/h2-10H,1H3;2*1H. The summed E-state index contributed by atoms with van der Waals surface area (Å²) in [4.78, 5) is 22.9. The van der Waals surface area contributed by atoms with E-state index in [1.807, 2.05) is 49.4 Å². The van der Waals surface area contributed by atoms with E-state index in [1.54, 1.807) is 0 Å². The number of carbonyl (C=O) groups excluding carboxylic acids is 2. The fourth-order valence-corrected chi connectivity index (χ4v) is 2.61. The van der Waals surface area contributed by atoms with Gasteiger partial charge in [-0.1, -0.05) is 48.0 Å². The number of fused-ring (bicyclic) bond motifs is 2. The smallest absolute Gasteiger partial charge is 0.151 e. The van der Waals surface area contributed by atoms with Crippen LogP contribution in [0.15, 0.2) is 42.5 Å². The van der Waals surface area contributed by atoms with Crippen molar-refractivity contribution in [2.45, 2.75) is 6.92 Å². The molecule has 0 saturated heterocycles. The molecule has 0 radical (unpaired) electrons. The van der Waals surface area contributed by atoms with Crippen LogP contribution in [0.4, 0.5) is 0 Å². The molecule has 0 N–H and O–H groups in total. The maximum Gasteiger partial charge on any atom is 0.151 e. The summed E-state index contributed by atoms with van der Waals surface area (Å²) in [5.74, 6) is 0. The van der Waals surface area contributed by atoms with E-state index in [1.165, 1.54) is 0 Å². The number of hydrogen-bond acceptors (Lipinski definition) is 2. The van der Waals surface area contributed by atoms with Crippen LogP contribution in [0.25, 0.3) is 21.5 Å². The average Bonchev–Trinajstić information content (AvgIpc) is 2.44. The summed E-state index contributed by atoms with van der Waals surface area (Å²) in [6.07, 6.45) is 1.74. The predicted molar refractivity (Wildman–Crippen MR) is 91.5 cm³/mol. The third-order valence-electron chi connectivity index (χ3n) is 3.50. The van der Waals surface area contributed by atoms with Gasteiger partial charge in [-0.15, -0.1) is 24.8 Å². The third kappa shape index (κ3) is 2.65. The van der Waals surface area contributed by atoms with Crippen molar-refractivity contribution in [3.63, 3.8) is 0 Å². The van der Waals surface area contributed by atoms with Crippen molar-refractivity contribution in [1.82, 2.24) is 0 Å². The number of rotatable bonds is 2. The summed E-state index contributed by atoms with van der Waals surface area (Å²) < 4.78 is 0. The Balaban J connectivity index is 0.00000110. The number of hydrogen-bond donors (Lipinski definition) is 0. The van der Waals surface area contributed by atoms with Gasteiger partial charge >= 0.3 is 0 Å². The second kappa shape index (κ2) is 6.70. The van der Waals surface area contributed by atoms with Gasteiger partial charge in [-0.05, 0) is 28.5 Å². The van der Waals surface area contributed by atoms with Gasteiger partial charge in [0.25, 0.3) is 0 Å². The average molecular weight is 321 g/mol. The quantitative estimate of drug-likeness (QED) is 0.503. The van der Waals surface area contributed by atoms with Crippen LogP contribution in [-0.2, 0) is 0 Å². The van der Waals surface area contributed by atoms with E-state index in [0.29, 0.717) is 11.1 Å². The molecule has 0 aromatic heterocycles. The predicted octanol–water partition coefficient (Wildman–Crippen LogP) is 4.77. The van der Waals surface area contributed by atoms with Crippen LogP contribution in [-0.4, -0.2) is 12.6 Å². The van der Waals surface area contributed by atoms with Crippen LogP contribution in [0.1, 0.15) is 26.3 Å². The van der Waals surface area contributed by atoms with E-state index in [2.05, 4.69) is 0 Å². The fourth-order valence-electron chi connectivity index (χ4n) is 2.61. The molecule has 0 aliphatic heterocycles. The second-order valence-electron chi connectivity index (χ2n) is 4.66. The molecule has 0 aliphatic rings. The molecule has 0 aliphatic carbocycles. The summed E-state index contributed by atoms with van der Waals surface area (Å²) in [6, 6.07) is 13.3. The minimum Gasteiger partial charge on any atom is -0.298 e. The molecular formula is C17H14Cl2O2. The van der Waals surface area contributed by atoms with E-state index in [0.717, 1.165) is 39.7 Å². The summed E-state index contributed by atoms with van der Waals surface area (Å²) in [7, 11) is 0. The van der Waals surface area contributed by atoms with Crippen LogP contribution >= 0.6 is 24.8 Å². The van der Waals surface area contributed by atoms with Gasteiger partial charge < -0.3 is 0 Å². The van der Waals surface area contributed by atoms with Crippen LogP contribution in [0.5, 0.6) is 0 Å². The molecule has 0 bridgehead atoms. The van der Waals surface area contributed by atoms with Crippen LogP contribution in [0.2, 0.25) is 0 Å². The van der Waals surface area contributed by atoms with Crippen LogP contribution in [0.3, 0.4) is 0 Å². The third-order valence-corrected chi connectivity index (χ3v) is 3.50. The van der Waals surface area contributed by atoms with Crippen LogP contribution in [0, 0.1) is 6.92 Å². The molecular weight excluding hydrogens is 307 g/mol. The Bertz CT molecular complexity index is 826. The number of carbonyl (C=O) groups is 2. The highest BCUT2D eigenvalue weighted by molar-refractivity contribution is 6.20. The zero-order chi connectivity index (χ0) is 13.4. The number of aldehydes is 2. The highest BCUT2D eigenvalue weighted by atomic mass is 35.5. The van der Waals surface area contributed by atoms with E-state index in [4.69, 9.17) is 0 Å². The SMILES string of the molecule is Cc1ccc2c(C=O)c3ccccc3c(C=O)c2c1.Cl.Cl. The lowest BCUT2D eigenvalue weighted by molar-refractivity contribution is 0.111. The van der Waals surface area contributed by atoms with Crippen molar-refractivity contribution < 1.29 is 9.59 Å². The Labute approximate surface area is 135 Å². The molecule has 3 aromatic rings. The van der Waals surface area contributed by atoms with E-state index in [-0.39, 0.29) is 24.8 Å². The second-order valence-corrected chi connectivity index (χ2v) is 4.66. The Morgan fingerprint density at radius 1 is 0.714 bits per heavy atom. The molecule has 4 heteroatoms. The van der Waals surface area contributed by atoms with E-state index >= 15 is 0 Å². The Kier molecular flexibility index (Phi) is 5.47. The van der Waals surface area contributed by atoms with Gasteiger partial charge in [-0.3, -0.25) is 9.59 Å². The lowest BCUT2D eigenvalue weighted by Gasteiger charge is -2.10. The maximum atomic E-state index is 11.5. The number of benzene rings is 3. The first-order valence-corrected chi connectivity index (χ1v) is 6.11. The largest absolute Gasteiger partial charge is 0.298 e. The molecule has 0 heterocycles. The van der Waals surface area contributed by atoms with Gasteiger partial charge in [0.2, 0.25) is 0 Å². The molecule has 0 fully saturated rings. The van der Waals surface area contributed by atoms with Crippen LogP contribution < -0.4 is 0 Å². The molecule has 0 unspecified atom stereocenters. The molecule has 0 atom stereocenters. The lowest BCUT2D eigenvalue weighted by atomic mass is 9.92. The number of halogens is 2. The molecule has 0 saturated carbocycles. The van der Waals surface area contributed by atoms with E-state index in [9.17, 15) is 9.59 Å². The molecule has 3 aromatic carbocycles. The first-order valence-electron chi connectivity index (χ1n) is 6.11. The monoisotopic (exact) mass is 320 g/mol. The first-order chi connectivity index (χ1) is 9.26. The highest BCUT2D eigenvalue weighted by Crippen LogP contribution is 2.31. The Morgan fingerprint density at radius 3 is 1.71 bits per heavy atom. The van der Waals surface area contributed by atoms with Crippen molar-refractivity contribution in [3.05, 3.63) is 59.2 Å². The van der Waals surface area contributed by atoms with Crippen molar-refractivity contribution in [1.29, 1.82) is 0 Å². The Hall–Kier alpha value is -1.90. The topological polar surface area (TPSA) is 34.1 Å². The first kappa shape index (κ1) is 17.2. The van der Waals surface area contributed by atoms with Crippen molar-refractivity contribution in [2.24, 2.45) is 0 Å². The van der Waals surface area contributed by atoms with Crippen molar-refractivity contribution in [2.75, 3.05) is 0 Å².